The zero-order valence-corrected chi connectivity index (χ0v) is 9.45. The molecule has 2 heteroatoms. The van der Waals surface area contributed by atoms with Crippen molar-refractivity contribution in [3.8, 4) is 5.75 Å². The van der Waals surface area contributed by atoms with E-state index in [0.717, 1.165) is 24.2 Å². The Balaban J connectivity index is 2.21. The van der Waals surface area contributed by atoms with E-state index in [-0.39, 0.29) is 5.78 Å². The number of ether oxygens (including phenoxy) is 1. The highest BCUT2D eigenvalue weighted by atomic mass is 16.5. The average Bonchev–Trinajstić information content (AvgIpc) is 2.20. The molecule has 15 heavy (non-hydrogen) atoms. The number of unbranched alkanes of at least 4 members (excludes halogenated alkanes) is 1. The van der Waals surface area contributed by atoms with Crippen LogP contribution in [0, 0.1) is 6.92 Å². The third kappa shape index (κ3) is 4.63. The summed E-state index contributed by atoms with van der Waals surface area (Å²) in [6.45, 7) is 4.35. The van der Waals surface area contributed by atoms with Crippen molar-refractivity contribution in [1.82, 2.24) is 0 Å². The SMILES string of the molecule is CC(=O)CCCCOc1ccccc1C. The topological polar surface area (TPSA) is 26.3 Å². The molecule has 1 aromatic carbocycles. The minimum atomic E-state index is 0.255. The minimum absolute atomic E-state index is 0.255. The van der Waals surface area contributed by atoms with Gasteiger partial charge in [0.05, 0.1) is 6.61 Å². The van der Waals surface area contributed by atoms with Crippen LogP contribution in [0.4, 0.5) is 0 Å². The number of hydrogen-bond donors (Lipinski definition) is 0. The van der Waals surface area contributed by atoms with Crippen LogP contribution in [0.2, 0.25) is 0 Å². The van der Waals surface area contributed by atoms with Gasteiger partial charge in [0.15, 0.2) is 0 Å². The molecule has 0 aliphatic carbocycles. The molecular weight excluding hydrogens is 188 g/mol. The third-order valence-electron chi connectivity index (χ3n) is 2.27. The van der Waals surface area contributed by atoms with Crippen molar-refractivity contribution in [2.75, 3.05) is 6.61 Å². The largest absolute Gasteiger partial charge is 0.493 e. The molecule has 0 unspecified atom stereocenters. The van der Waals surface area contributed by atoms with Gasteiger partial charge in [-0.05, 0) is 38.3 Å². The quantitative estimate of drug-likeness (QED) is 0.668. The summed E-state index contributed by atoms with van der Waals surface area (Å²) in [5.74, 6) is 1.20. The molecule has 0 aliphatic heterocycles. The molecular formula is C13H18O2. The van der Waals surface area contributed by atoms with E-state index in [1.165, 1.54) is 0 Å². The molecule has 0 atom stereocenters. The van der Waals surface area contributed by atoms with Gasteiger partial charge in [-0.15, -0.1) is 0 Å². The smallest absolute Gasteiger partial charge is 0.129 e. The normalized spacial score (nSPS) is 10.0. The van der Waals surface area contributed by atoms with Crippen LogP contribution in [0.1, 0.15) is 31.7 Å². The molecule has 0 spiro atoms. The number of hydrogen-bond acceptors (Lipinski definition) is 2. The first-order chi connectivity index (χ1) is 7.20. The van der Waals surface area contributed by atoms with Crippen LogP contribution in [0.3, 0.4) is 0 Å². The zero-order valence-electron chi connectivity index (χ0n) is 9.45. The van der Waals surface area contributed by atoms with Crippen molar-refractivity contribution in [2.24, 2.45) is 0 Å². The monoisotopic (exact) mass is 206 g/mol. The van der Waals surface area contributed by atoms with Crippen LogP contribution < -0.4 is 4.74 Å². The lowest BCUT2D eigenvalue weighted by Crippen LogP contribution is -2.00. The van der Waals surface area contributed by atoms with Crippen molar-refractivity contribution in [2.45, 2.75) is 33.1 Å². The molecule has 0 aromatic heterocycles. The maximum atomic E-state index is 10.7. The van der Waals surface area contributed by atoms with Gasteiger partial charge in [0.1, 0.15) is 11.5 Å². The fourth-order valence-corrected chi connectivity index (χ4v) is 1.38. The van der Waals surface area contributed by atoms with E-state index < -0.39 is 0 Å². The highest BCUT2D eigenvalue weighted by molar-refractivity contribution is 5.75. The van der Waals surface area contributed by atoms with Crippen molar-refractivity contribution in [3.63, 3.8) is 0 Å². The molecule has 82 valence electrons. The second-order valence-electron chi connectivity index (χ2n) is 3.77. The van der Waals surface area contributed by atoms with Gasteiger partial charge < -0.3 is 9.53 Å². The van der Waals surface area contributed by atoms with Gasteiger partial charge in [0.2, 0.25) is 0 Å². The molecule has 0 N–H and O–H groups in total. The number of carbonyl (C=O) groups is 1. The van der Waals surface area contributed by atoms with Crippen LogP contribution in [-0.2, 0) is 4.79 Å². The fraction of sp³-hybridized carbons (Fsp3) is 0.462. The van der Waals surface area contributed by atoms with Gasteiger partial charge in [0, 0.05) is 6.42 Å². The van der Waals surface area contributed by atoms with Crippen molar-refractivity contribution < 1.29 is 9.53 Å². The van der Waals surface area contributed by atoms with Gasteiger partial charge in [-0.25, -0.2) is 0 Å². The molecule has 0 saturated heterocycles. The summed E-state index contributed by atoms with van der Waals surface area (Å²) in [4.78, 5) is 10.7. The molecule has 0 bridgehead atoms. The van der Waals surface area contributed by atoms with E-state index in [0.29, 0.717) is 13.0 Å². The molecule has 0 amide bonds. The summed E-state index contributed by atoms with van der Waals surface area (Å²) in [5, 5.41) is 0. The van der Waals surface area contributed by atoms with E-state index in [2.05, 4.69) is 0 Å². The summed E-state index contributed by atoms with van der Waals surface area (Å²) >= 11 is 0. The second kappa shape index (κ2) is 6.23. The molecule has 0 radical (unpaired) electrons. The maximum absolute atomic E-state index is 10.7. The fourth-order valence-electron chi connectivity index (χ4n) is 1.38. The van der Waals surface area contributed by atoms with Crippen LogP contribution in [0.5, 0.6) is 5.75 Å². The predicted octanol–water partition coefficient (Wildman–Crippen LogP) is 3.13. The Morgan fingerprint density at radius 1 is 1.27 bits per heavy atom. The first-order valence-electron chi connectivity index (χ1n) is 5.38. The number of rotatable bonds is 6. The lowest BCUT2D eigenvalue weighted by Gasteiger charge is -2.07. The maximum Gasteiger partial charge on any atom is 0.129 e. The minimum Gasteiger partial charge on any atom is -0.493 e. The molecule has 0 saturated carbocycles. The Bertz CT molecular complexity index is 318. The first kappa shape index (κ1) is 11.8. The van der Waals surface area contributed by atoms with Gasteiger partial charge in [-0.2, -0.15) is 0 Å². The number of para-hydroxylation sites is 1. The third-order valence-corrected chi connectivity index (χ3v) is 2.27. The van der Waals surface area contributed by atoms with E-state index in [1.807, 2.05) is 31.2 Å². The number of aryl methyl sites for hydroxylation is 1. The van der Waals surface area contributed by atoms with Gasteiger partial charge in [0.25, 0.3) is 0 Å². The Morgan fingerprint density at radius 2 is 2.00 bits per heavy atom. The van der Waals surface area contributed by atoms with E-state index in [9.17, 15) is 4.79 Å². The average molecular weight is 206 g/mol. The van der Waals surface area contributed by atoms with E-state index >= 15 is 0 Å². The first-order valence-corrected chi connectivity index (χ1v) is 5.38. The van der Waals surface area contributed by atoms with Crippen LogP contribution in [0.15, 0.2) is 24.3 Å². The molecule has 1 rings (SSSR count). The molecule has 0 fully saturated rings. The Labute approximate surface area is 91.3 Å². The lowest BCUT2D eigenvalue weighted by atomic mass is 10.2. The molecule has 2 nitrogen and oxygen atoms in total. The van der Waals surface area contributed by atoms with Gasteiger partial charge in [-0.3, -0.25) is 0 Å². The highest BCUT2D eigenvalue weighted by Crippen LogP contribution is 2.16. The number of Topliss-reactive ketones (excluding diaryl/α,β-unsaturated/α-hetero) is 1. The van der Waals surface area contributed by atoms with Gasteiger partial charge >= 0.3 is 0 Å². The number of ketones is 1. The van der Waals surface area contributed by atoms with Crippen LogP contribution in [0.25, 0.3) is 0 Å². The summed E-state index contributed by atoms with van der Waals surface area (Å²) < 4.78 is 5.61. The number of carbonyl (C=O) groups excluding carboxylic acids is 1. The summed E-state index contributed by atoms with van der Waals surface area (Å²) in [5.41, 5.74) is 1.16. The zero-order chi connectivity index (χ0) is 11.1. The standard InChI is InChI=1S/C13H18O2/c1-11-7-3-4-9-13(11)15-10-6-5-8-12(2)14/h3-4,7,9H,5-6,8,10H2,1-2H3. The Kier molecular flexibility index (Phi) is 4.88. The molecule has 0 heterocycles. The van der Waals surface area contributed by atoms with E-state index in [1.54, 1.807) is 6.92 Å². The van der Waals surface area contributed by atoms with Crippen LogP contribution >= 0.6 is 0 Å². The summed E-state index contributed by atoms with van der Waals surface area (Å²) in [6, 6.07) is 7.97. The molecule has 1 aromatic rings. The summed E-state index contributed by atoms with van der Waals surface area (Å²) in [7, 11) is 0. The summed E-state index contributed by atoms with van der Waals surface area (Å²) in [6.07, 6.45) is 2.52. The second-order valence-corrected chi connectivity index (χ2v) is 3.77. The van der Waals surface area contributed by atoms with Crippen molar-refractivity contribution in [3.05, 3.63) is 29.8 Å². The lowest BCUT2D eigenvalue weighted by molar-refractivity contribution is -0.117. The molecule has 0 aliphatic rings. The Hall–Kier alpha value is -1.31. The Morgan fingerprint density at radius 3 is 2.67 bits per heavy atom. The van der Waals surface area contributed by atoms with E-state index in [4.69, 9.17) is 4.74 Å². The number of benzene rings is 1. The predicted molar refractivity (Wildman–Crippen MR) is 61.2 cm³/mol. The van der Waals surface area contributed by atoms with Crippen molar-refractivity contribution >= 4 is 5.78 Å². The highest BCUT2D eigenvalue weighted by Gasteiger charge is 1.98. The van der Waals surface area contributed by atoms with Crippen molar-refractivity contribution in [1.29, 1.82) is 0 Å². The van der Waals surface area contributed by atoms with Gasteiger partial charge in [-0.1, -0.05) is 18.2 Å². The van der Waals surface area contributed by atoms with Crippen LogP contribution in [-0.4, -0.2) is 12.4 Å².